The lowest BCUT2D eigenvalue weighted by molar-refractivity contribution is -0.174. The van der Waals surface area contributed by atoms with Gasteiger partial charge in [-0.25, -0.2) is 4.79 Å². The number of benzene rings is 1. The molecule has 12 heteroatoms. The van der Waals surface area contributed by atoms with Crippen molar-refractivity contribution >= 4 is 28.5 Å². The van der Waals surface area contributed by atoms with Crippen LogP contribution in [0.3, 0.4) is 0 Å². The average Bonchev–Trinajstić information content (AvgIpc) is 3.14. The second-order valence-electron chi connectivity index (χ2n) is 7.53. The SMILES string of the molecule is CC1Oc2c(N3CCC(NC(=O)C(F)(F)F)C3)ccc3c(=O)c(C(=O)O)cn(c23)N1C. The lowest BCUT2D eigenvalue weighted by Gasteiger charge is -2.37. The van der Waals surface area contributed by atoms with Crippen molar-refractivity contribution in [3.8, 4) is 5.75 Å². The summed E-state index contributed by atoms with van der Waals surface area (Å²) in [4.78, 5) is 37.2. The summed E-state index contributed by atoms with van der Waals surface area (Å²) >= 11 is 0. The fourth-order valence-corrected chi connectivity index (χ4v) is 3.91. The normalized spacial score (nSPS) is 20.7. The van der Waals surface area contributed by atoms with Crippen LogP contribution < -0.4 is 25.4 Å². The van der Waals surface area contributed by atoms with Gasteiger partial charge in [-0.15, -0.1) is 0 Å². The number of carboxylic acid groups (broad SMARTS) is 1. The molecule has 9 nitrogen and oxygen atoms in total. The van der Waals surface area contributed by atoms with Crippen molar-refractivity contribution < 1.29 is 32.6 Å². The van der Waals surface area contributed by atoms with E-state index in [-0.39, 0.29) is 17.5 Å². The van der Waals surface area contributed by atoms with Crippen molar-refractivity contribution in [2.45, 2.75) is 31.8 Å². The van der Waals surface area contributed by atoms with E-state index in [1.807, 2.05) is 5.32 Å². The van der Waals surface area contributed by atoms with Gasteiger partial charge >= 0.3 is 18.1 Å². The number of ether oxygens (including phenoxy) is 1. The molecule has 0 aliphatic carbocycles. The Balaban J connectivity index is 1.76. The van der Waals surface area contributed by atoms with E-state index < -0.39 is 35.8 Å². The number of nitrogens with zero attached hydrogens (tertiary/aromatic N) is 3. The van der Waals surface area contributed by atoms with Gasteiger partial charge in [0.1, 0.15) is 11.1 Å². The minimum absolute atomic E-state index is 0.130. The molecule has 3 heterocycles. The minimum Gasteiger partial charge on any atom is -0.477 e. The number of nitrogens with one attached hydrogen (secondary N) is 1. The standard InChI is InChI=1S/C19H19F3N4O5/c1-9-24(2)26-8-12(17(28)29)15(27)11-3-4-13(16(31-9)14(11)26)25-6-5-10(7-25)23-18(30)19(20,21)22/h3-4,8-10H,5-7H2,1-2H3,(H,23,30)(H,28,29). The number of alkyl halides is 3. The van der Waals surface area contributed by atoms with E-state index in [0.29, 0.717) is 29.9 Å². The Kier molecular flexibility index (Phi) is 4.74. The molecule has 1 aromatic heterocycles. The van der Waals surface area contributed by atoms with Gasteiger partial charge in [-0.2, -0.15) is 13.2 Å². The van der Waals surface area contributed by atoms with Crippen LogP contribution in [0.15, 0.2) is 23.1 Å². The summed E-state index contributed by atoms with van der Waals surface area (Å²) < 4.78 is 45.2. The Labute approximate surface area is 173 Å². The summed E-state index contributed by atoms with van der Waals surface area (Å²) in [5.41, 5.74) is -0.124. The number of pyridine rings is 1. The van der Waals surface area contributed by atoms with Crippen molar-refractivity contribution in [1.82, 2.24) is 9.99 Å². The monoisotopic (exact) mass is 440 g/mol. The first-order valence-corrected chi connectivity index (χ1v) is 9.47. The summed E-state index contributed by atoms with van der Waals surface area (Å²) in [5.74, 6) is -3.00. The van der Waals surface area contributed by atoms with Crippen LogP contribution in [0.2, 0.25) is 0 Å². The Morgan fingerprint density at radius 3 is 2.65 bits per heavy atom. The molecule has 2 N–H and O–H groups in total. The maximum Gasteiger partial charge on any atom is 0.471 e. The van der Waals surface area contributed by atoms with E-state index >= 15 is 0 Å². The molecule has 1 fully saturated rings. The number of hydrogen-bond acceptors (Lipinski definition) is 6. The molecule has 0 radical (unpaired) electrons. The number of carbonyl (C=O) groups is 2. The maximum absolute atomic E-state index is 12.7. The third-order valence-corrected chi connectivity index (χ3v) is 5.59. The summed E-state index contributed by atoms with van der Waals surface area (Å²) in [6, 6.07) is 2.37. The third-order valence-electron chi connectivity index (χ3n) is 5.59. The first-order chi connectivity index (χ1) is 14.5. The molecule has 166 valence electrons. The zero-order valence-electron chi connectivity index (χ0n) is 16.6. The molecule has 0 spiro atoms. The van der Waals surface area contributed by atoms with Gasteiger partial charge in [0, 0.05) is 32.4 Å². The van der Waals surface area contributed by atoms with Crippen LogP contribution in [0.1, 0.15) is 23.7 Å². The van der Waals surface area contributed by atoms with Gasteiger partial charge in [0.05, 0.1) is 11.1 Å². The maximum atomic E-state index is 12.7. The minimum atomic E-state index is -4.95. The molecule has 31 heavy (non-hydrogen) atoms. The summed E-state index contributed by atoms with van der Waals surface area (Å²) in [6.45, 7) is 2.23. The smallest absolute Gasteiger partial charge is 0.471 e. The highest BCUT2D eigenvalue weighted by Gasteiger charge is 2.41. The van der Waals surface area contributed by atoms with E-state index in [9.17, 15) is 32.7 Å². The van der Waals surface area contributed by atoms with E-state index in [4.69, 9.17) is 4.74 Å². The molecular weight excluding hydrogens is 421 g/mol. The number of carbonyl (C=O) groups excluding carboxylic acids is 1. The highest BCUT2D eigenvalue weighted by molar-refractivity contribution is 5.97. The fraction of sp³-hybridized carbons (Fsp3) is 0.421. The highest BCUT2D eigenvalue weighted by Crippen LogP contribution is 2.40. The Bertz CT molecular complexity index is 1150. The summed E-state index contributed by atoms with van der Waals surface area (Å²) in [7, 11) is 1.67. The predicted molar refractivity (Wildman–Crippen MR) is 104 cm³/mol. The molecular formula is C19H19F3N4O5. The third kappa shape index (κ3) is 3.41. The van der Waals surface area contributed by atoms with Crippen LogP contribution in [-0.2, 0) is 4.79 Å². The zero-order valence-corrected chi connectivity index (χ0v) is 16.6. The molecule has 2 aliphatic rings. The number of anilines is 1. The second-order valence-corrected chi connectivity index (χ2v) is 7.53. The Morgan fingerprint density at radius 2 is 2.00 bits per heavy atom. The molecule has 2 aromatic rings. The van der Waals surface area contributed by atoms with Crippen LogP contribution in [-0.4, -0.2) is 60.2 Å². The summed E-state index contributed by atoms with van der Waals surface area (Å²) in [6.07, 6.45) is -3.93. The zero-order chi connectivity index (χ0) is 22.7. The Morgan fingerprint density at radius 1 is 1.29 bits per heavy atom. The molecule has 0 saturated carbocycles. The van der Waals surface area contributed by atoms with Crippen LogP contribution in [0, 0.1) is 0 Å². The first kappa shape index (κ1) is 20.8. The lowest BCUT2D eigenvalue weighted by Crippen LogP contribution is -2.46. The molecule has 1 saturated heterocycles. The van der Waals surface area contributed by atoms with Crippen molar-refractivity contribution in [2.75, 3.05) is 30.0 Å². The largest absolute Gasteiger partial charge is 0.477 e. The van der Waals surface area contributed by atoms with E-state index in [0.717, 1.165) is 0 Å². The first-order valence-electron chi connectivity index (χ1n) is 9.47. The van der Waals surface area contributed by atoms with Crippen LogP contribution in [0.25, 0.3) is 10.9 Å². The van der Waals surface area contributed by atoms with E-state index in [1.165, 1.54) is 16.9 Å². The number of halogens is 3. The molecule has 2 atom stereocenters. The second kappa shape index (κ2) is 7.06. The summed E-state index contributed by atoms with van der Waals surface area (Å²) in [5, 5.41) is 13.2. The number of carboxylic acids is 1. The lowest BCUT2D eigenvalue weighted by atomic mass is 10.1. The van der Waals surface area contributed by atoms with Gasteiger partial charge in [-0.1, -0.05) is 0 Å². The van der Waals surface area contributed by atoms with Crippen molar-refractivity contribution in [3.05, 3.63) is 34.1 Å². The van der Waals surface area contributed by atoms with Gasteiger partial charge in [-0.3, -0.25) is 19.3 Å². The quantitative estimate of drug-likeness (QED) is 0.741. The van der Waals surface area contributed by atoms with Gasteiger partial charge in [0.25, 0.3) is 0 Å². The number of aromatic carboxylic acids is 1. The van der Waals surface area contributed by atoms with Crippen molar-refractivity contribution in [1.29, 1.82) is 0 Å². The molecule has 0 bridgehead atoms. The van der Waals surface area contributed by atoms with E-state index in [1.54, 1.807) is 29.9 Å². The Hall–Kier alpha value is -3.44. The van der Waals surface area contributed by atoms with Gasteiger partial charge in [-0.05, 0) is 25.5 Å². The van der Waals surface area contributed by atoms with Gasteiger partial charge < -0.3 is 20.1 Å². The van der Waals surface area contributed by atoms with Gasteiger partial charge in [0.15, 0.2) is 12.0 Å². The van der Waals surface area contributed by atoms with Gasteiger partial charge in [0.2, 0.25) is 5.43 Å². The molecule has 2 unspecified atom stereocenters. The highest BCUT2D eigenvalue weighted by atomic mass is 19.4. The van der Waals surface area contributed by atoms with Crippen LogP contribution in [0.5, 0.6) is 5.75 Å². The van der Waals surface area contributed by atoms with E-state index in [2.05, 4.69) is 0 Å². The predicted octanol–water partition coefficient (Wildman–Crippen LogP) is 1.26. The number of hydrogen-bond donors (Lipinski definition) is 2. The molecule has 2 aliphatic heterocycles. The topological polar surface area (TPSA) is 104 Å². The van der Waals surface area contributed by atoms with Crippen molar-refractivity contribution in [3.63, 3.8) is 0 Å². The average molecular weight is 440 g/mol. The van der Waals surface area contributed by atoms with Crippen molar-refractivity contribution in [2.24, 2.45) is 0 Å². The number of amides is 1. The van der Waals surface area contributed by atoms with Crippen LogP contribution >= 0.6 is 0 Å². The molecule has 1 amide bonds. The molecule has 1 aromatic carbocycles. The fourth-order valence-electron chi connectivity index (χ4n) is 3.91. The number of aromatic nitrogens is 1. The van der Waals surface area contributed by atoms with Crippen LogP contribution in [0.4, 0.5) is 18.9 Å². The molecule has 4 rings (SSSR count). The number of rotatable bonds is 3.